The predicted octanol–water partition coefficient (Wildman–Crippen LogP) is 2.59. The van der Waals surface area contributed by atoms with Gasteiger partial charge in [0.25, 0.3) is 0 Å². The van der Waals surface area contributed by atoms with Gasteiger partial charge >= 0.3 is 0 Å². The first-order chi connectivity index (χ1) is 16.0. The molecule has 1 aliphatic heterocycles. The highest BCUT2D eigenvalue weighted by Crippen LogP contribution is 2.27. The lowest BCUT2D eigenvalue weighted by atomic mass is 10.0. The predicted molar refractivity (Wildman–Crippen MR) is 126 cm³/mol. The molecule has 1 atom stereocenters. The van der Waals surface area contributed by atoms with Crippen molar-refractivity contribution < 1.29 is 4.21 Å². The minimum atomic E-state index is -0.918. The SMILES string of the molecule is Cc1ccc2nnc(Cc3ccc4ncc(-c5cnn(C6CN(S(C)=O)C6)c5)cc4c3)n2n1. The summed E-state index contributed by atoms with van der Waals surface area (Å²) in [5.41, 5.74) is 5.78. The van der Waals surface area contributed by atoms with Crippen LogP contribution >= 0.6 is 0 Å². The molecule has 0 saturated carbocycles. The lowest BCUT2D eigenvalue weighted by Crippen LogP contribution is -2.48. The zero-order chi connectivity index (χ0) is 22.5. The van der Waals surface area contributed by atoms with Crippen LogP contribution in [0.5, 0.6) is 0 Å². The summed E-state index contributed by atoms with van der Waals surface area (Å²) in [5.74, 6) is 0.806. The summed E-state index contributed by atoms with van der Waals surface area (Å²) in [5, 5.41) is 18.7. The first-order valence-corrected chi connectivity index (χ1v) is 12.2. The monoisotopic (exact) mass is 458 g/mol. The Labute approximate surface area is 192 Å². The normalized spacial score (nSPS) is 15.8. The number of hydrogen-bond donors (Lipinski definition) is 0. The van der Waals surface area contributed by atoms with E-state index in [9.17, 15) is 4.21 Å². The Hall–Kier alpha value is -3.50. The zero-order valence-corrected chi connectivity index (χ0v) is 19.1. The lowest BCUT2D eigenvalue weighted by Gasteiger charge is -2.36. The van der Waals surface area contributed by atoms with Gasteiger partial charge in [0.15, 0.2) is 11.5 Å². The number of aryl methyl sites for hydroxylation is 1. The van der Waals surface area contributed by atoms with Crippen LogP contribution in [0, 0.1) is 6.92 Å². The summed E-state index contributed by atoms with van der Waals surface area (Å²) in [7, 11) is -0.918. The second-order valence-electron chi connectivity index (χ2n) is 8.42. The van der Waals surface area contributed by atoms with Gasteiger partial charge in [-0.3, -0.25) is 9.67 Å². The van der Waals surface area contributed by atoms with Crippen LogP contribution in [0.15, 0.2) is 55.0 Å². The minimum Gasteiger partial charge on any atom is -0.266 e. The van der Waals surface area contributed by atoms with Crippen LogP contribution in [0.25, 0.3) is 27.7 Å². The largest absolute Gasteiger partial charge is 0.266 e. The third kappa shape index (κ3) is 3.70. The van der Waals surface area contributed by atoms with Gasteiger partial charge in [-0.25, -0.2) is 8.51 Å². The Morgan fingerprint density at radius 3 is 2.79 bits per heavy atom. The highest BCUT2D eigenvalue weighted by atomic mass is 32.2. The second kappa shape index (κ2) is 7.82. The van der Waals surface area contributed by atoms with Gasteiger partial charge in [-0.15, -0.1) is 10.2 Å². The van der Waals surface area contributed by atoms with Crippen molar-refractivity contribution in [1.29, 1.82) is 0 Å². The molecule has 4 aromatic heterocycles. The maximum Gasteiger partial charge on any atom is 0.177 e. The number of nitrogens with zero attached hydrogens (tertiary/aromatic N) is 8. The summed E-state index contributed by atoms with van der Waals surface area (Å²) < 4.78 is 17.2. The van der Waals surface area contributed by atoms with Gasteiger partial charge in [0.1, 0.15) is 0 Å². The van der Waals surface area contributed by atoms with Crippen molar-refractivity contribution in [2.45, 2.75) is 19.4 Å². The lowest BCUT2D eigenvalue weighted by molar-refractivity contribution is 0.201. The van der Waals surface area contributed by atoms with Crippen LogP contribution in [0.2, 0.25) is 0 Å². The molecule has 0 amide bonds. The van der Waals surface area contributed by atoms with Gasteiger partial charge in [0.2, 0.25) is 0 Å². The average Bonchev–Trinajstić information content (AvgIpc) is 3.40. The van der Waals surface area contributed by atoms with Gasteiger partial charge in [-0.2, -0.15) is 14.7 Å². The molecule has 1 unspecified atom stereocenters. The van der Waals surface area contributed by atoms with Crippen molar-refractivity contribution in [3.8, 4) is 11.1 Å². The summed E-state index contributed by atoms with van der Waals surface area (Å²) in [6.07, 6.45) is 8.14. The molecule has 10 heteroatoms. The maximum atomic E-state index is 11.5. The molecule has 1 saturated heterocycles. The average molecular weight is 459 g/mol. The van der Waals surface area contributed by atoms with E-state index < -0.39 is 11.0 Å². The molecule has 1 aliphatic rings. The van der Waals surface area contributed by atoms with E-state index in [1.807, 2.05) is 52.7 Å². The summed E-state index contributed by atoms with van der Waals surface area (Å²) >= 11 is 0. The van der Waals surface area contributed by atoms with Crippen molar-refractivity contribution in [2.75, 3.05) is 19.3 Å². The van der Waals surface area contributed by atoms with Crippen LogP contribution in [0.3, 0.4) is 0 Å². The summed E-state index contributed by atoms with van der Waals surface area (Å²) in [6, 6.07) is 12.5. The molecule has 6 rings (SSSR count). The van der Waals surface area contributed by atoms with Crippen molar-refractivity contribution in [3.05, 3.63) is 72.1 Å². The van der Waals surface area contributed by atoms with E-state index in [4.69, 9.17) is 0 Å². The molecule has 1 fully saturated rings. The Morgan fingerprint density at radius 1 is 1.06 bits per heavy atom. The molecule has 9 nitrogen and oxygen atoms in total. The van der Waals surface area contributed by atoms with Crippen molar-refractivity contribution in [3.63, 3.8) is 0 Å². The molecular formula is C23H22N8OS. The van der Waals surface area contributed by atoms with Crippen LogP contribution in [-0.4, -0.2) is 62.4 Å². The third-order valence-corrected chi connectivity index (χ3v) is 7.10. The fourth-order valence-electron chi connectivity index (χ4n) is 4.15. The topological polar surface area (TPSA) is 94.1 Å². The second-order valence-corrected chi connectivity index (χ2v) is 9.79. The van der Waals surface area contributed by atoms with Crippen LogP contribution in [0.1, 0.15) is 23.1 Å². The fraction of sp³-hybridized carbons (Fsp3) is 0.261. The van der Waals surface area contributed by atoms with Crippen molar-refractivity contribution in [2.24, 2.45) is 0 Å². The summed E-state index contributed by atoms with van der Waals surface area (Å²) in [4.78, 5) is 4.65. The third-order valence-electron chi connectivity index (χ3n) is 6.07. The van der Waals surface area contributed by atoms with Gasteiger partial charge in [0.05, 0.1) is 34.4 Å². The molecule has 0 N–H and O–H groups in total. The molecule has 33 heavy (non-hydrogen) atoms. The summed E-state index contributed by atoms with van der Waals surface area (Å²) in [6.45, 7) is 3.48. The number of benzene rings is 1. The zero-order valence-electron chi connectivity index (χ0n) is 18.3. The highest BCUT2D eigenvalue weighted by molar-refractivity contribution is 7.81. The van der Waals surface area contributed by atoms with Crippen LogP contribution in [-0.2, 0) is 17.4 Å². The first-order valence-electron chi connectivity index (χ1n) is 10.7. The van der Waals surface area contributed by atoms with Crippen molar-refractivity contribution in [1.82, 2.24) is 38.9 Å². The smallest absolute Gasteiger partial charge is 0.177 e. The number of hydrogen-bond acceptors (Lipinski definition) is 6. The quantitative estimate of drug-likeness (QED) is 0.402. The van der Waals surface area contributed by atoms with E-state index in [1.54, 1.807) is 10.8 Å². The van der Waals surface area contributed by atoms with Gasteiger partial charge in [-0.05, 0) is 42.8 Å². The molecule has 1 aromatic carbocycles. The Morgan fingerprint density at radius 2 is 1.94 bits per heavy atom. The molecule has 0 aliphatic carbocycles. The van der Waals surface area contributed by atoms with Gasteiger partial charge in [-0.1, -0.05) is 6.07 Å². The van der Waals surface area contributed by atoms with Crippen LogP contribution < -0.4 is 0 Å². The Kier molecular flexibility index (Phi) is 4.77. The molecule has 0 bridgehead atoms. The number of rotatable bonds is 5. The molecule has 5 aromatic rings. The van der Waals surface area contributed by atoms with Gasteiger partial charge in [0, 0.05) is 54.7 Å². The van der Waals surface area contributed by atoms with E-state index in [0.717, 1.165) is 57.8 Å². The number of fused-ring (bicyclic) bond motifs is 2. The minimum absolute atomic E-state index is 0.262. The fourth-order valence-corrected chi connectivity index (χ4v) is 4.91. The molecule has 166 valence electrons. The Balaban J connectivity index is 1.27. The van der Waals surface area contributed by atoms with E-state index in [0.29, 0.717) is 6.42 Å². The van der Waals surface area contributed by atoms with Crippen LogP contribution in [0.4, 0.5) is 0 Å². The van der Waals surface area contributed by atoms with E-state index in [-0.39, 0.29) is 6.04 Å². The molecule has 0 radical (unpaired) electrons. The number of pyridine rings is 1. The van der Waals surface area contributed by atoms with Crippen molar-refractivity contribution >= 4 is 27.5 Å². The molecular weight excluding hydrogens is 436 g/mol. The van der Waals surface area contributed by atoms with E-state index in [2.05, 4.69) is 43.6 Å². The molecule has 0 spiro atoms. The van der Waals surface area contributed by atoms with E-state index in [1.165, 1.54) is 0 Å². The molecule has 5 heterocycles. The maximum absolute atomic E-state index is 11.5. The first kappa shape index (κ1) is 20.1. The highest BCUT2D eigenvalue weighted by Gasteiger charge is 2.31. The van der Waals surface area contributed by atoms with E-state index >= 15 is 0 Å². The standard InChI is InChI=1S/C23H22N8OS/c1-15-3-6-22-26-27-23(31(22)28-15)8-16-4-5-21-17(7-16)9-18(10-24-21)19-11-25-30(12-19)20-13-29(14-20)33(2)32/h3-7,9-12,20H,8,13-14H2,1-2H3. The Bertz CT molecular complexity index is 1520. The number of aromatic nitrogens is 7. The van der Waals surface area contributed by atoms with Gasteiger partial charge < -0.3 is 0 Å².